The van der Waals surface area contributed by atoms with Crippen LogP contribution < -0.4 is 5.32 Å². The molecule has 4 rings (SSSR count). The summed E-state index contributed by atoms with van der Waals surface area (Å²) in [5, 5.41) is 4.09. The van der Waals surface area contributed by atoms with Crippen molar-refractivity contribution >= 4 is 17.3 Å². The van der Waals surface area contributed by atoms with E-state index in [1.54, 1.807) is 25.4 Å². The number of hydrogen-bond acceptors (Lipinski definition) is 3. The lowest BCUT2D eigenvalue weighted by Crippen LogP contribution is -2.33. The summed E-state index contributed by atoms with van der Waals surface area (Å²) >= 11 is 5.63. The van der Waals surface area contributed by atoms with Crippen LogP contribution in [0.5, 0.6) is 0 Å². The lowest BCUT2D eigenvalue weighted by Gasteiger charge is -2.28. The van der Waals surface area contributed by atoms with Crippen LogP contribution in [-0.2, 0) is 4.74 Å². The van der Waals surface area contributed by atoms with Crippen molar-refractivity contribution in [3.8, 4) is 5.69 Å². The molecule has 0 saturated carbocycles. The average Bonchev–Trinajstić information content (AvgIpc) is 3.32. The maximum absolute atomic E-state index is 13.4. The zero-order valence-electron chi connectivity index (χ0n) is 15.5. The molecule has 144 valence electrons. The molecule has 5 nitrogen and oxygen atoms in total. The van der Waals surface area contributed by atoms with Crippen LogP contribution in [0.25, 0.3) is 5.69 Å². The van der Waals surface area contributed by atoms with E-state index < -0.39 is 0 Å². The fourth-order valence-corrected chi connectivity index (χ4v) is 3.96. The first kappa shape index (κ1) is 18.6. The highest BCUT2D eigenvalue weighted by Gasteiger charge is 2.40. The number of rotatable bonds is 6. The number of thiocarbonyl (C=S) groups is 1. The third kappa shape index (κ3) is 3.50. The molecule has 0 amide bonds. The van der Waals surface area contributed by atoms with Crippen LogP contribution in [0.4, 0.5) is 4.39 Å². The van der Waals surface area contributed by atoms with Crippen LogP contribution in [0.15, 0.2) is 67.0 Å². The Bertz CT molecular complexity index is 945. The highest BCUT2D eigenvalue weighted by molar-refractivity contribution is 7.80. The Morgan fingerprint density at radius 3 is 2.68 bits per heavy atom. The highest BCUT2D eigenvalue weighted by atomic mass is 32.1. The molecule has 1 fully saturated rings. The van der Waals surface area contributed by atoms with Crippen molar-refractivity contribution in [2.45, 2.75) is 12.1 Å². The lowest BCUT2D eigenvalue weighted by molar-refractivity contribution is 0.163. The van der Waals surface area contributed by atoms with Gasteiger partial charge < -0.3 is 19.5 Å². The van der Waals surface area contributed by atoms with Crippen molar-refractivity contribution in [3.63, 3.8) is 0 Å². The number of nitrogens with zero attached hydrogens (tertiary/aromatic N) is 3. The van der Waals surface area contributed by atoms with Crippen molar-refractivity contribution in [3.05, 3.63) is 84.2 Å². The molecule has 2 aromatic heterocycles. The van der Waals surface area contributed by atoms with Gasteiger partial charge in [0.1, 0.15) is 5.82 Å². The molecule has 1 saturated heterocycles. The second kappa shape index (κ2) is 8.08. The van der Waals surface area contributed by atoms with Crippen LogP contribution in [0.1, 0.15) is 23.5 Å². The number of ether oxygens (including phenoxy) is 1. The lowest BCUT2D eigenvalue weighted by atomic mass is 10.0. The van der Waals surface area contributed by atoms with Gasteiger partial charge in [0.05, 0.1) is 24.4 Å². The third-order valence-electron chi connectivity index (χ3n) is 4.92. The third-order valence-corrected chi connectivity index (χ3v) is 5.27. The summed E-state index contributed by atoms with van der Waals surface area (Å²) in [4.78, 5) is 6.68. The second-order valence-corrected chi connectivity index (χ2v) is 6.98. The Kier molecular flexibility index (Phi) is 5.36. The molecular formula is C21H21FN4OS. The maximum Gasteiger partial charge on any atom is 0.170 e. The van der Waals surface area contributed by atoms with Gasteiger partial charge in [-0.25, -0.2) is 4.39 Å². The molecule has 0 radical (unpaired) electrons. The van der Waals surface area contributed by atoms with Gasteiger partial charge in [0.25, 0.3) is 0 Å². The first-order valence-electron chi connectivity index (χ1n) is 9.09. The van der Waals surface area contributed by atoms with Crippen LogP contribution in [-0.4, -0.2) is 39.8 Å². The Morgan fingerprint density at radius 2 is 1.96 bits per heavy atom. The van der Waals surface area contributed by atoms with E-state index in [-0.39, 0.29) is 17.9 Å². The summed E-state index contributed by atoms with van der Waals surface area (Å²) in [6.45, 7) is 1.22. The van der Waals surface area contributed by atoms with Gasteiger partial charge >= 0.3 is 0 Å². The fourth-order valence-electron chi connectivity index (χ4n) is 3.63. The van der Waals surface area contributed by atoms with Crippen LogP contribution in [0, 0.1) is 5.82 Å². The molecule has 2 unspecified atom stereocenters. The topological polar surface area (TPSA) is 42.3 Å². The summed E-state index contributed by atoms with van der Waals surface area (Å²) in [7, 11) is 1.68. The summed E-state index contributed by atoms with van der Waals surface area (Å²) < 4.78 is 20.8. The van der Waals surface area contributed by atoms with E-state index in [1.165, 1.54) is 12.1 Å². The van der Waals surface area contributed by atoms with Crippen molar-refractivity contribution in [2.24, 2.45) is 0 Å². The quantitative estimate of drug-likeness (QED) is 0.645. The number of aromatic nitrogens is 2. The molecule has 0 aliphatic carbocycles. The molecule has 3 heterocycles. The number of hydrogen-bond donors (Lipinski definition) is 1. The molecule has 1 N–H and O–H groups in total. The Labute approximate surface area is 168 Å². The van der Waals surface area contributed by atoms with Crippen LogP contribution in [0.3, 0.4) is 0 Å². The second-order valence-electron chi connectivity index (χ2n) is 6.59. The van der Waals surface area contributed by atoms with Crippen molar-refractivity contribution in [1.82, 2.24) is 19.8 Å². The van der Waals surface area contributed by atoms with Gasteiger partial charge in [-0.2, -0.15) is 0 Å². The Morgan fingerprint density at radius 1 is 1.14 bits per heavy atom. The molecule has 1 aliphatic heterocycles. The molecule has 0 spiro atoms. The van der Waals surface area contributed by atoms with Gasteiger partial charge in [-0.3, -0.25) is 4.98 Å². The van der Waals surface area contributed by atoms with E-state index in [2.05, 4.69) is 25.8 Å². The molecule has 2 atom stereocenters. The van der Waals surface area contributed by atoms with E-state index in [1.807, 2.05) is 30.5 Å². The van der Waals surface area contributed by atoms with Crippen LogP contribution in [0.2, 0.25) is 0 Å². The van der Waals surface area contributed by atoms with Crippen molar-refractivity contribution in [2.75, 3.05) is 20.3 Å². The molecule has 28 heavy (non-hydrogen) atoms. The zero-order chi connectivity index (χ0) is 19.5. The number of benzene rings is 1. The van der Waals surface area contributed by atoms with E-state index >= 15 is 0 Å². The predicted octanol–water partition coefficient (Wildman–Crippen LogP) is 3.63. The SMILES string of the molecule is COCCN1C(=S)NC(c2ccccn2)C1c1cccn1-c1ccc(F)cc1. The summed E-state index contributed by atoms with van der Waals surface area (Å²) in [5.74, 6) is -0.255. The molecule has 7 heteroatoms. The Balaban J connectivity index is 1.78. The molecule has 3 aromatic rings. The van der Waals surface area contributed by atoms with Gasteiger partial charge in [-0.15, -0.1) is 0 Å². The fraction of sp³-hybridized carbons (Fsp3) is 0.238. The highest BCUT2D eigenvalue weighted by Crippen LogP contribution is 2.39. The Hall–Kier alpha value is -2.77. The maximum atomic E-state index is 13.4. The molecule has 0 bridgehead atoms. The minimum absolute atomic E-state index is 0.0717. The van der Waals surface area contributed by atoms with Crippen molar-refractivity contribution < 1.29 is 9.13 Å². The first-order valence-corrected chi connectivity index (χ1v) is 9.50. The monoisotopic (exact) mass is 396 g/mol. The van der Waals surface area contributed by atoms with E-state index in [4.69, 9.17) is 17.0 Å². The molecule has 1 aliphatic rings. The first-order chi connectivity index (χ1) is 13.7. The van der Waals surface area contributed by atoms with E-state index in [0.717, 1.165) is 17.1 Å². The summed E-state index contributed by atoms with van der Waals surface area (Å²) in [5.41, 5.74) is 2.86. The van der Waals surface area contributed by atoms with E-state index in [0.29, 0.717) is 18.3 Å². The van der Waals surface area contributed by atoms with E-state index in [9.17, 15) is 4.39 Å². The standard InChI is InChI=1S/C21H21FN4OS/c1-27-14-13-26-20(19(24-21(26)28)17-5-2-3-11-23-17)18-6-4-12-25(18)16-9-7-15(22)8-10-16/h2-12,19-20H,13-14H2,1H3,(H,24,28). The number of pyridine rings is 1. The van der Waals surface area contributed by atoms with Gasteiger partial charge in [0.15, 0.2) is 5.11 Å². The van der Waals surface area contributed by atoms with Gasteiger partial charge in [-0.05, 0) is 60.7 Å². The molecule has 1 aromatic carbocycles. The van der Waals surface area contributed by atoms with Gasteiger partial charge in [0, 0.05) is 37.4 Å². The van der Waals surface area contributed by atoms with Gasteiger partial charge in [0.2, 0.25) is 0 Å². The minimum Gasteiger partial charge on any atom is -0.383 e. The number of methoxy groups -OCH3 is 1. The van der Waals surface area contributed by atoms with Crippen molar-refractivity contribution in [1.29, 1.82) is 0 Å². The summed E-state index contributed by atoms with van der Waals surface area (Å²) in [6, 6.07) is 16.2. The van der Waals surface area contributed by atoms with Gasteiger partial charge in [-0.1, -0.05) is 6.07 Å². The average molecular weight is 396 g/mol. The van der Waals surface area contributed by atoms with Crippen LogP contribution >= 0.6 is 12.2 Å². The number of halogens is 1. The summed E-state index contributed by atoms with van der Waals surface area (Å²) in [6.07, 6.45) is 3.77. The normalized spacial score (nSPS) is 19.1. The minimum atomic E-state index is -0.255. The molecular weight excluding hydrogens is 375 g/mol. The smallest absolute Gasteiger partial charge is 0.170 e. The predicted molar refractivity (Wildman–Crippen MR) is 110 cm³/mol. The number of nitrogens with one attached hydrogen (secondary N) is 1. The largest absolute Gasteiger partial charge is 0.383 e. The zero-order valence-corrected chi connectivity index (χ0v) is 16.3.